The summed E-state index contributed by atoms with van der Waals surface area (Å²) in [6.07, 6.45) is 5.46. The highest BCUT2D eigenvalue weighted by Crippen LogP contribution is 2.17. The van der Waals surface area contributed by atoms with Crippen molar-refractivity contribution < 1.29 is 0 Å². The molecule has 0 atom stereocenters. The summed E-state index contributed by atoms with van der Waals surface area (Å²) in [5.41, 5.74) is 5.22. The number of aryl methyl sites for hydroxylation is 1. The Morgan fingerprint density at radius 3 is 2.23 bits per heavy atom. The lowest BCUT2D eigenvalue weighted by atomic mass is 10.1. The quantitative estimate of drug-likeness (QED) is 0.477. The molecule has 4 nitrogen and oxygen atoms in total. The predicted molar refractivity (Wildman–Crippen MR) is 111 cm³/mol. The summed E-state index contributed by atoms with van der Waals surface area (Å²) in [6, 6.07) is 17.3. The highest BCUT2D eigenvalue weighted by atomic mass is 15.2. The number of hydrogen-bond donors (Lipinski definition) is 2. The Morgan fingerprint density at radius 1 is 0.923 bits per heavy atom. The summed E-state index contributed by atoms with van der Waals surface area (Å²) in [7, 11) is 1.81. The lowest BCUT2D eigenvalue weighted by Gasteiger charge is -2.18. The number of nitrogens with zero attached hydrogens (tertiary/aromatic N) is 2. The van der Waals surface area contributed by atoms with Crippen LogP contribution in [0.3, 0.4) is 0 Å². The zero-order valence-electron chi connectivity index (χ0n) is 15.7. The maximum atomic E-state index is 4.33. The molecule has 1 aliphatic rings. The fourth-order valence-corrected chi connectivity index (χ4v) is 3.17. The average molecular weight is 348 g/mol. The van der Waals surface area contributed by atoms with Gasteiger partial charge in [-0.15, -0.1) is 0 Å². The molecule has 2 aromatic rings. The van der Waals surface area contributed by atoms with Crippen LogP contribution < -0.4 is 15.5 Å². The molecule has 1 heterocycles. The second kappa shape index (κ2) is 9.09. The van der Waals surface area contributed by atoms with E-state index in [0.717, 1.165) is 38.6 Å². The van der Waals surface area contributed by atoms with Crippen LogP contribution in [0.1, 0.15) is 23.6 Å². The predicted octanol–water partition coefficient (Wildman–Crippen LogP) is 3.49. The third-order valence-corrected chi connectivity index (χ3v) is 4.75. The zero-order chi connectivity index (χ0) is 18.2. The molecule has 3 rings (SSSR count). The van der Waals surface area contributed by atoms with E-state index in [-0.39, 0.29) is 0 Å². The van der Waals surface area contributed by atoms with Crippen LogP contribution >= 0.6 is 0 Å². The third-order valence-electron chi connectivity index (χ3n) is 4.75. The maximum absolute atomic E-state index is 4.33. The van der Waals surface area contributed by atoms with Gasteiger partial charge in [0.25, 0.3) is 0 Å². The first-order valence-electron chi connectivity index (χ1n) is 9.30. The largest absolute Gasteiger partial charge is 0.364 e. The molecule has 1 aliphatic heterocycles. The molecule has 26 heavy (non-hydrogen) atoms. The van der Waals surface area contributed by atoms with E-state index in [0.29, 0.717) is 0 Å². The van der Waals surface area contributed by atoms with E-state index in [1.807, 2.05) is 7.05 Å². The van der Waals surface area contributed by atoms with Gasteiger partial charge in [0, 0.05) is 38.9 Å². The van der Waals surface area contributed by atoms with Gasteiger partial charge in [0.05, 0.1) is 0 Å². The molecule has 0 saturated carbocycles. The smallest absolute Gasteiger partial charge is 0.191 e. The van der Waals surface area contributed by atoms with Gasteiger partial charge >= 0.3 is 0 Å². The van der Waals surface area contributed by atoms with Crippen molar-refractivity contribution in [1.29, 1.82) is 0 Å². The zero-order valence-corrected chi connectivity index (χ0v) is 15.7. The molecular formula is C22H28N4. The highest BCUT2D eigenvalue weighted by molar-refractivity contribution is 5.79. The molecule has 4 heteroatoms. The van der Waals surface area contributed by atoms with Crippen molar-refractivity contribution in [2.75, 3.05) is 25.0 Å². The second-order valence-corrected chi connectivity index (χ2v) is 6.44. The van der Waals surface area contributed by atoms with Crippen LogP contribution in [0.2, 0.25) is 0 Å². The number of anilines is 1. The maximum Gasteiger partial charge on any atom is 0.191 e. The van der Waals surface area contributed by atoms with Gasteiger partial charge in [-0.25, -0.2) is 0 Å². The summed E-state index contributed by atoms with van der Waals surface area (Å²) < 4.78 is 0. The van der Waals surface area contributed by atoms with Gasteiger partial charge in [0.2, 0.25) is 0 Å². The molecule has 0 spiro atoms. The van der Waals surface area contributed by atoms with Crippen LogP contribution in [-0.4, -0.2) is 26.1 Å². The van der Waals surface area contributed by atoms with Crippen molar-refractivity contribution in [3.05, 3.63) is 77.4 Å². The normalized spacial score (nSPS) is 13.9. The molecule has 0 unspecified atom stereocenters. The molecule has 2 N–H and O–H groups in total. The van der Waals surface area contributed by atoms with Gasteiger partial charge in [-0.05, 0) is 35.2 Å². The van der Waals surface area contributed by atoms with Crippen molar-refractivity contribution in [3.8, 4) is 0 Å². The molecule has 136 valence electrons. The Bertz CT molecular complexity index is 754. The minimum atomic E-state index is 0.758. The van der Waals surface area contributed by atoms with Crippen molar-refractivity contribution in [2.24, 2.45) is 4.99 Å². The molecule has 0 aromatic heterocycles. The van der Waals surface area contributed by atoms with E-state index >= 15 is 0 Å². The van der Waals surface area contributed by atoms with Gasteiger partial charge in [0.15, 0.2) is 5.96 Å². The van der Waals surface area contributed by atoms with Crippen molar-refractivity contribution in [2.45, 2.75) is 26.4 Å². The number of aliphatic imine (C=N–C) groups is 1. The Labute approximate surface area is 156 Å². The first-order chi connectivity index (χ1) is 12.8. The van der Waals surface area contributed by atoms with Crippen molar-refractivity contribution in [1.82, 2.24) is 10.6 Å². The van der Waals surface area contributed by atoms with E-state index in [1.54, 1.807) is 0 Å². The van der Waals surface area contributed by atoms with E-state index in [9.17, 15) is 0 Å². The number of hydrogen-bond acceptors (Lipinski definition) is 2. The number of benzene rings is 2. The molecule has 0 radical (unpaired) electrons. The summed E-state index contributed by atoms with van der Waals surface area (Å²) in [6.45, 7) is 5.74. The molecule has 0 amide bonds. The minimum absolute atomic E-state index is 0.758. The van der Waals surface area contributed by atoms with Crippen molar-refractivity contribution >= 4 is 11.6 Å². The molecule has 2 aromatic carbocycles. The van der Waals surface area contributed by atoms with Crippen LogP contribution in [0.25, 0.3) is 0 Å². The van der Waals surface area contributed by atoms with Crippen molar-refractivity contribution in [3.63, 3.8) is 0 Å². The monoisotopic (exact) mass is 348 g/mol. The van der Waals surface area contributed by atoms with Gasteiger partial charge in [-0.2, -0.15) is 0 Å². The van der Waals surface area contributed by atoms with Crippen LogP contribution in [-0.2, 0) is 19.5 Å². The lowest BCUT2D eigenvalue weighted by molar-refractivity contribution is 0.802. The number of guanidine groups is 1. The summed E-state index contributed by atoms with van der Waals surface area (Å²) in [5, 5.41) is 6.80. The van der Waals surface area contributed by atoms with Gasteiger partial charge in [-0.3, -0.25) is 4.99 Å². The lowest BCUT2D eigenvalue weighted by Crippen LogP contribution is -2.36. The first-order valence-corrected chi connectivity index (χ1v) is 9.30. The van der Waals surface area contributed by atoms with Gasteiger partial charge in [0.1, 0.15) is 0 Å². The molecule has 0 bridgehead atoms. The van der Waals surface area contributed by atoms with Gasteiger partial charge < -0.3 is 15.5 Å². The third kappa shape index (κ3) is 4.66. The Balaban J connectivity index is 1.51. The first kappa shape index (κ1) is 18.1. The average Bonchev–Trinajstić information content (AvgIpc) is 3.23. The van der Waals surface area contributed by atoms with E-state index < -0.39 is 0 Å². The number of nitrogens with one attached hydrogen (secondary N) is 2. The SMILES string of the molecule is CCc1ccccc1CNC(=NC)NCc1ccc(N2CC=CC2)cc1. The van der Waals surface area contributed by atoms with Crippen LogP contribution in [0, 0.1) is 0 Å². The summed E-state index contributed by atoms with van der Waals surface area (Å²) in [5.74, 6) is 0.823. The number of rotatable bonds is 6. The summed E-state index contributed by atoms with van der Waals surface area (Å²) in [4.78, 5) is 6.68. The van der Waals surface area contributed by atoms with Crippen LogP contribution in [0.4, 0.5) is 5.69 Å². The van der Waals surface area contributed by atoms with E-state index in [1.165, 1.54) is 22.4 Å². The molecule has 0 aliphatic carbocycles. The van der Waals surface area contributed by atoms with Crippen LogP contribution in [0.5, 0.6) is 0 Å². The fourth-order valence-electron chi connectivity index (χ4n) is 3.17. The topological polar surface area (TPSA) is 39.7 Å². The Morgan fingerprint density at radius 2 is 1.58 bits per heavy atom. The standard InChI is InChI=1S/C22H28N4/c1-3-19-8-4-5-9-20(19)17-25-22(23-2)24-16-18-10-12-21(13-11-18)26-14-6-7-15-26/h4-13H,3,14-17H2,1-2H3,(H2,23,24,25). The Hall–Kier alpha value is -2.75. The van der Waals surface area contributed by atoms with Gasteiger partial charge in [-0.1, -0.05) is 55.5 Å². The van der Waals surface area contributed by atoms with E-state index in [2.05, 4.69) is 88.1 Å². The summed E-state index contributed by atoms with van der Waals surface area (Å²) >= 11 is 0. The fraction of sp³-hybridized carbons (Fsp3) is 0.318. The van der Waals surface area contributed by atoms with Crippen LogP contribution in [0.15, 0.2) is 65.7 Å². The minimum Gasteiger partial charge on any atom is -0.364 e. The molecule has 0 saturated heterocycles. The molecule has 0 fully saturated rings. The molecular weight excluding hydrogens is 320 g/mol. The Kier molecular flexibility index (Phi) is 6.31. The van der Waals surface area contributed by atoms with E-state index in [4.69, 9.17) is 0 Å². The highest BCUT2D eigenvalue weighted by Gasteiger charge is 2.07. The second-order valence-electron chi connectivity index (χ2n) is 6.44.